The summed E-state index contributed by atoms with van der Waals surface area (Å²) in [7, 11) is -5.48. The highest BCUT2D eigenvalue weighted by Crippen LogP contribution is 2.08. The van der Waals surface area contributed by atoms with E-state index in [0.29, 0.717) is 0 Å². The topological polar surface area (TPSA) is 74.6 Å². The fourth-order valence-electron chi connectivity index (χ4n) is 0. The predicted molar refractivity (Wildman–Crippen MR) is 22.1 cm³/mol. The third kappa shape index (κ3) is 4.30. The Morgan fingerprint density at radius 3 is 1.67 bits per heavy atom. The average Bonchev–Trinajstić information content (AvgIpc) is 1.35. The van der Waals surface area contributed by atoms with Crippen molar-refractivity contribution in [3.63, 3.8) is 0 Å². The molecule has 6 heteroatoms. The molecule has 0 aliphatic rings. The molecular formula is H3O4PS. The van der Waals surface area contributed by atoms with Crippen LogP contribution in [0.15, 0.2) is 0 Å². The Hall–Kier alpha value is 0.300. The van der Waals surface area contributed by atoms with Gasteiger partial charge in [-0.15, -0.1) is 0 Å². The fraction of sp³-hybridized carbons (Fsp3) is 0. The number of hydrogen-bond acceptors (Lipinski definition) is 3. The van der Waals surface area contributed by atoms with Gasteiger partial charge < -0.3 is 4.89 Å². The zero-order valence-corrected chi connectivity index (χ0v) is 4.44. The molecule has 1 unspecified atom stereocenters. The van der Waals surface area contributed by atoms with Crippen molar-refractivity contribution < 1.29 is 17.9 Å². The molecular weight excluding hydrogens is 127 g/mol. The molecule has 6 heavy (non-hydrogen) atoms. The number of hydrogen-bond donors (Lipinski definition) is 2. The van der Waals surface area contributed by atoms with Crippen molar-refractivity contribution in [3.8, 4) is 0 Å². The van der Waals surface area contributed by atoms with Crippen LogP contribution in [0, 0.1) is 0 Å². The van der Waals surface area contributed by atoms with E-state index < -0.39 is 17.7 Å². The molecule has 0 saturated carbocycles. The van der Waals surface area contributed by atoms with E-state index in [1.807, 2.05) is 0 Å². The Morgan fingerprint density at radius 2 is 1.67 bits per heavy atom. The molecule has 0 aromatic rings. The third-order valence-corrected chi connectivity index (χ3v) is 1.04. The van der Waals surface area contributed by atoms with Crippen molar-refractivity contribution in [2.24, 2.45) is 0 Å². The maximum atomic E-state index is 9.32. The van der Waals surface area contributed by atoms with Gasteiger partial charge in [0, 0.05) is 0 Å². The predicted octanol–water partition coefficient (Wildman–Crippen LogP) is -0.625. The van der Waals surface area contributed by atoms with E-state index in [0.717, 1.165) is 0 Å². The van der Waals surface area contributed by atoms with Crippen LogP contribution in [0.1, 0.15) is 0 Å². The first-order valence-electron chi connectivity index (χ1n) is 0.944. The van der Waals surface area contributed by atoms with Crippen LogP contribution in [0.4, 0.5) is 0 Å². The van der Waals surface area contributed by atoms with Crippen molar-refractivity contribution in [1.82, 2.24) is 0 Å². The van der Waals surface area contributed by atoms with Crippen molar-refractivity contribution in [3.05, 3.63) is 0 Å². The molecule has 4 nitrogen and oxygen atoms in total. The lowest BCUT2D eigenvalue weighted by atomic mass is 15.9. The van der Waals surface area contributed by atoms with Gasteiger partial charge in [0.05, 0.1) is 0 Å². The van der Waals surface area contributed by atoms with Crippen molar-refractivity contribution in [1.29, 1.82) is 0 Å². The SMILES string of the molecule is O=S(=O)(O)PO. The Morgan fingerprint density at radius 1 is 1.50 bits per heavy atom. The maximum absolute atomic E-state index is 9.32. The first-order valence-corrected chi connectivity index (χ1v) is 4.06. The third-order valence-electron chi connectivity index (χ3n) is 0.115. The van der Waals surface area contributed by atoms with Gasteiger partial charge in [0.1, 0.15) is 0 Å². The minimum atomic E-state index is -4.08. The minimum absolute atomic E-state index is 1.41. The summed E-state index contributed by atoms with van der Waals surface area (Å²) in [6, 6.07) is 0. The lowest BCUT2D eigenvalue weighted by molar-refractivity contribution is 0.496. The van der Waals surface area contributed by atoms with Gasteiger partial charge in [0.25, 0.3) is 0 Å². The quantitative estimate of drug-likeness (QED) is 0.366. The van der Waals surface area contributed by atoms with Gasteiger partial charge in [-0.25, -0.2) is 0 Å². The highest BCUT2D eigenvalue weighted by Gasteiger charge is 1.96. The van der Waals surface area contributed by atoms with Gasteiger partial charge in [0.15, 0.2) is 8.01 Å². The summed E-state index contributed by atoms with van der Waals surface area (Å²) in [5.74, 6) is 0. The largest absolute Gasteiger partial charge is 0.360 e. The second-order valence-corrected chi connectivity index (χ2v) is 3.79. The standard InChI is InChI=1S/H3O4PS/c1-5-6(2,3)4/h1,5H,(H,2,3,4). The lowest BCUT2D eigenvalue weighted by Crippen LogP contribution is -1.82. The van der Waals surface area contributed by atoms with E-state index in [1.54, 1.807) is 0 Å². The molecule has 0 aliphatic carbocycles. The van der Waals surface area contributed by atoms with Gasteiger partial charge >= 0.3 is 9.74 Å². The second kappa shape index (κ2) is 1.84. The molecule has 1 atom stereocenters. The second-order valence-electron chi connectivity index (χ2n) is 0.566. The molecule has 0 radical (unpaired) electrons. The van der Waals surface area contributed by atoms with E-state index >= 15 is 0 Å². The Balaban J connectivity index is 3.85. The van der Waals surface area contributed by atoms with E-state index in [9.17, 15) is 8.42 Å². The molecule has 38 valence electrons. The zero-order valence-electron chi connectivity index (χ0n) is 2.62. The summed E-state index contributed by atoms with van der Waals surface area (Å²) in [5, 5.41) is 0. The molecule has 0 fully saturated rings. The fourth-order valence-corrected chi connectivity index (χ4v) is 0. The molecule has 0 saturated heterocycles. The van der Waals surface area contributed by atoms with Crippen LogP contribution in [0.5, 0.6) is 0 Å². The summed E-state index contributed by atoms with van der Waals surface area (Å²) >= 11 is 0. The van der Waals surface area contributed by atoms with Crippen molar-refractivity contribution in [2.75, 3.05) is 0 Å². The zero-order chi connectivity index (χ0) is 5.21. The lowest BCUT2D eigenvalue weighted by Gasteiger charge is -1.79. The van der Waals surface area contributed by atoms with Gasteiger partial charge in [-0.05, 0) is 0 Å². The van der Waals surface area contributed by atoms with Gasteiger partial charge in [-0.2, -0.15) is 8.42 Å². The molecule has 0 aromatic carbocycles. The van der Waals surface area contributed by atoms with Crippen LogP contribution in [0.25, 0.3) is 0 Å². The molecule has 0 spiro atoms. The van der Waals surface area contributed by atoms with Gasteiger partial charge in [0.2, 0.25) is 0 Å². The van der Waals surface area contributed by atoms with E-state index in [-0.39, 0.29) is 0 Å². The van der Waals surface area contributed by atoms with Crippen LogP contribution >= 0.6 is 8.01 Å². The first-order chi connectivity index (χ1) is 2.56. The minimum Gasteiger partial charge on any atom is -0.360 e. The van der Waals surface area contributed by atoms with E-state index in [4.69, 9.17) is 9.45 Å². The monoisotopic (exact) mass is 130 g/mol. The molecule has 0 aromatic heterocycles. The molecule has 2 N–H and O–H groups in total. The normalized spacial score (nSPS) is 13.7. The molecule has 0 amide bonds. The highest BCUT2D eigenvalue weighted by atomic mass is 32.8. The molecule has 0 bridgehead atoms. The Labute approximate surface area is 36.5 Å². The summed E-state index contributed by atoms with van der Waals surface area (Å²) < 4.78 is 26.2. The maximum Gasteiger partial charge on any atom is 0.304 e. The van der Waals surface area contributed by atoms with E-state index in [1.165, 1.54) is 0 Å². The summed E-state index contributed by atoms with van der Waals surface area (Å²) in [4.78, 5) is 7.59. The smallest absolute Gasteiger partial charge is 0.304 e. The highest BCUT2D eigenvalue weighted by molar-refractivity contribution is 8.38. The summed E-state index contributed by atoms with van der Waals surface area (Å²) in [5.41, 5.74) is 0. The van der Waals surface area contributed by atoms with E-state index in [2.05, 4.69) is 0 Å². The van der Waals surface area contributed by atoms with Crippen molar-refractivity contribution in [2.45, 2.75) is 0 Å². The average molecular weight is 130 g/mol. The van der Waals surface area contributed by atoms with Gasteiger partial charge in [-0.1, -0.05) is 0 Å². The molecule has 0 heterocycles. The van der Waals surface area contributed by atoms with Crippen LogP contribution < -0.4 is 0 Å². The summed E-state index contributed by atoms with van der Waals surface area (Å²) in [6.07, 6.45) is 0. The number of rotatable bonds is 1. The van der Waals surface area contributed by atoms with Crippen LogP contribution in [0.3, 0.4) is 0 Å². The molecule has 0 aliphatic heterocycles. The Bertz CT molecular complexity index is 110. The van der Waals surface area contributed by atoms with Crippen LogP contribution in [0.2, 0.25) is 0 Å². The molecule has 0 rings (SSSR count). The van der Waals surface area contributed by atoms with Crippen LogP contribution in [-0.4, -0.2) is 17.9 Å². The van der Waals surface area contributed by atoms with Crippen LogP contribution in [-0.2, 0) is 9.74 Å². The first kappa shape index (κ1) is 6.30. The Kier molecular flexibility index (Phi) is 1.93. The van der Waals surface area contributed by atoms with Crippen molar-refractivity contribution >= 4 is 17.7 Å². The van der Waals surface area contributed by atoms with Gasteiger partial charge in [-0.3, -0.25) is 4.55 Å². The summed E-state index contributed by atoms with van der Waals surface area (Å²) in [6.45, 7) is 0.